The Labute approximate surface area is 132 Å². The van der Waals surface area contributed by atoms with Crippen molar-refractivity contribution in [2.75, 3.05) is 14.2 Å². The van der Waals surface area contributed by atoms with Crippen molar-refractivity contribution in [3.63, 3.8) is 0 Å². The molecule has 2 aliphatic rings. The highest BCUT2D eigenvalue weighted by molar-refractivity contribution is 6.21. The predicted molar refractivity (Wildman–Crippen MR) is 76.1 cm³/mol. The second kappa shape index (κ2) is 4.23. The van der Waals surface area contributed by atoms with Gasteiger partial charge in [0.25, 0.3) is 0 Å². The average Bonchev–Trinajstić information content (AvgIpc) is 2.98. The average molecular weight is 311 g/mol. The molecule has 1 aromatic carbocycles. The van der Waals surface area contributed by atoms with E-state index in [1.165, 1.54) is 14.2 Å². The molecule has 1 N–H and O–H groups in total. The normalized spacial score (nSPS) is 34.0. The second-order valence-corrected chi connectivity index (χ2v) is 5.70. The Morgan fingerprint density at radius 2 is 1.61 bits per heavy atom. The predicted octanol–water partition coefficient (Wildman–Crippen LogP) is 0.651. The number of hydrogen-bond donors (Lipinski definition) is 1. The van der Waals surface area contributed by atoms with Gasteiger partial charge in [-0.1, -0.05) is 6.92 Å². The maximum absolute atomic E-state index is 12.3. The van der Waals surface area contributed by atoms with E-state index < -0.39 is 28.1 Å². The number of fused-ring (bicyclic) bond motifs is 1. The van der Waals surface area contributed by atoms with Crippen LogP contribution in [0.3, 0.4) is 0 Å². The van der Waals surface area contributed by atoms with Gasteiger partial charge in [-0.3, -0.25) is 14.9 Å². The number of methoxy groups -OCH3 is 2. The van der Waals surface area contributed by atoms with Crippen LogP contribution in [0.25, 0.3) is 0 Å². The molecule has 1 unspecified atom stereocenters. The fraction of sp³-hybridized carbons (Fsp3) is 0.375. The third kappa shape index (κ3) is 1.21. The van der Waals surface area contributed by atoms with E-state index in [4.69, 9.17) is 9.47 Å². The van der Waals surface area contributed by atoms with E-state index in [0.29, 0.717) is 17.1 Å². The van der Waals surface area contributed by atoms with Gasteiger partial charge in [0.15, 0.2) is 10.8 Å². The molecule has 3 atom stereocenters. The Balaban J connectivity index is 2.34. The Hall–Kier alpha value is -3.06. The van der Waals surface area contributed by atoms with Gasteiger partial charge in [-0.15, -0.1) is 0 Å². The number of imide groups is 1. The largest absolute Gasteiger partial charge is 0.497 e. The van der Waals surface area contributed by atoms with Crippen LogP contribution >= 0.6 is 0 Å². The molecule has 0 aromatic heterocycles. The standard InChI is InChI=1S/C16H13N3O4/c1-14(10-6-9(22-2)4-5-11(10)23-3)15(7-17)12(20)19-13(21)16(14,15)8-18/h4-6H,1-3H3,(H,19,20,21)/t14?,15-,16+. The van der Waals surface area contributed by atoms with Crippen molar-refractivity contribution in [3.8, 4) is 23.6 Å². The molecular formula is C16H13N3O4. The zero-order valence-corrected chi connectivity index (χ0v) is 12.8. The Morgan fingerprint density at radius 1 is 1.04 bits per heavy atom. The first kappa shape index (κ1) is 14.9. The van der Waals surface area contributed by atoms with Crippen LogP contribution in [0.15, 0.2) is 18.2 Å². The van der Waals surface area contributed by atoms with Crippen molar-refractivity contribution >= 4 is 11.8 Å². The third-order valence-electron chi connectivity index (χ3n) is 5.19. The highest BCUT2D eigenvalue weighted by Gasteiger charge is 2.98. The highest BCUT2D eigenvalue weighted by atomic mass is 16.5. The van der Waals surface area contributed by atoms with Crippen molar-refractivity contribution in [2.24, 2.45) is 10.8 Å². The van der Waals surface area contributed by atoms with Gasteiger partial charge in [-0.2, -0.15) is 10.5 Å². The van der Waals surface area contributed by atoms with Crippen LogP contribution in [0.5, 0.6) is 11.5 Å². The fourth-order valence-corrected chi connectivity index (χ4v) is 3.91. The van der Waals surface area contributed by atoms with Crippen LogP contribution in [-0.2, 0) is 15.0 Å². The number of nitriles is 2. The van der Waals surface area contributed by atoms with E-state index >= 15 is 0 Å². The number of carbonyl (C=O) groups is 2. The zero-order valence-electron chi connectivity index (χ0n) is 12.8. The molecule has 1 heterocycles. The topological polar surface area (TPSA) is 112 Å². The van der Waals surface area contributed by atoms with E-state index in [0.717, 1.165) is 0 Å². The maximum Gasteiger partial charge on any atom is 0.250 e. The molecule has 1 saturated carbocycles. The van der Waals surface area contributed by atoms with Gasteiger partial charge in [0.05, 0.1) is 31.8 Å². The molecule has 0 bridgehead atoms. The maximum atomic E-state index is 12.3. The second-order valence-electron chi connectivity index (χ2n) is 5.70. The first-order chi connectivity index (χ1) is 10.9. The minimum absolute atomic E-state index is 0.382. The number of nitrogens with zero attached hydrogens (tertiary/aromatic N) is 2. The molecule has 0 radical (unpaired) electrons. The number of hydrogen-bond acceptors (Lipinski definition) is 6. The summed E-state index contributed by atoms with van der Waals surface area (Å²) in [5, 5.41) is 21.4. The van der Waals surface area contributed by atoms with E-state index in [1.807, 2.05) is 12.1 Å². The van der Waals surface area contributed by atoms with E-state index in [9.17, 15) is 20.1 Å². The molecule has 23 heavy (non-hydrogen) atoms. The van der Waals surface area contributed by atoms with Gasteiger partial charge in [-0.05, 0) is 18.2 Å². The number of amides is 2. The molecule has 1 aliphatic heterocycles. The van der Waals surface area contributed by atoms with Crippen LogP contribution in [0.2, 0.25) is 0 Å². The monoisotopic (exact) mass is 311 g/mol. The van der Waals surface area contributed by atoms with Crippen molar-refractivity contribution in [1.82, 2.24) is 5.32 Å². The Morgan fingerprint density at radius 3 is 2.04 bits per heavy atom. The van der Waals surface area contributed by atoms with Crippen molar-refractivity contribution in [3.05, 3.63) is 23.8 Å². The smallest absolute Gasteiger partial charge is 0.250 e. The van der Waals surface area contributed by atoms with E-state index in [1.54, 1.807) is 25.1 Å². The van der Waals surface area contributed by atoms with Crippen molar-refractivity contribution in [1.29, 1.82) is 10.5 Å². The molecule has 2 amide bonds. The summed E-state index contributed by atoms with van der Waals surface area (Å²) in [5.41, 5.74) is -4.44. The molecule has 7 nitrogen and oxygen atoms in total. The van der Waals surface area contributed by atoms with E-state index in [-0.39, 0.29) is 0 Å². The molecule has 7 heteroatoms. The zero-order chi connectivity index (χ0) is 17.0. The minimum Gasteiger partial charge on any atom is -0.497 e. The van der Waals surface area contributed by atoms with Gasteiger partial charge in [0, 0.05) is 5.56 Å². The molecule has 1 aliphatic carbocycles. The number of rotatable bonds is 3. The first-order valence-electron chi connectivity index (χ1n) is 6.82. The van der Waals surface area contributed by atoms with Crippen LogP contribution in [0.1, 0.15) is 12.5 Å². The van der Waals surface area contributed by atoms with Crippen LogP contribution in [-0.4, -0.2) is 26.0 Å². The Bertz CT molecular complexity index is 797. The molecule has 1 saturated heterocycles. The summed E-state index contributed by atoms with van der Waals surface area (Å²) in [4.78, 5) is 24.6. The quantitative estimate of drug-likeness (QED) is 0.820. The summed E-state index contributed by atoms with van der Waals surface area (Å²) >= 11 is 0. The molecule has 2 fully saturated rings. The highest BCUT2D eigenvalue weighted by Crippen LogP contribution is 2.81. The molecular weight excluding hydrogens is 298 g/mol. The number of piperidine rings is 1. The SMILES string of the molecule is COc1ccc(OC)c(C2(C)[C@]3(C#N)C(=O)NC(=O)[C@]23C#N)c1. The minimum atomic E-state index is -1.77. The lowest BCUT2D eigenvalue weighted by Gasteiger charge is -2.21. The van der Waals surface area contributed by atoms with Crippen LogP contribution in [0, 0.1) is 33.5 Å². The number of ether oxygens (including phenoxy) is 2. The first-order valence-corrected chi connectivity index (χ1v) is 6.82. The lowest BCUT2D eigenvalue weighted by atomic mass is 9.84. The van der Waals surface area contributed by atoms with Gasteiger partial charge in [0.2, 0.25) is 11.8 Å². The van der Waals surface area contributed by atoms with E-state index in [2.05, 4.69) is 5.32 Å². The van der Waals surface area contributed by atoms with Crippen molar-refractivity contribution in [2.45, 2.75) is 12.3 Å². The summed E-state index contributed by atoms with van der Waals surface area (Å²) < 4.78 is 10.5. The van der Waals surface area contributed by atoms with Crippen LogP contribution < -0.4 is 14.8 Å². The summed E-state index contributed by atoms with van der Waals surface area (Å²) in [6.07, 6.45) is 0. The van der Waals surface area contributed by atoms with Crippen LogP contribution in [0.4, 0.5) is 0 Å². The summed E-state index contributed by atoms with van der Waals surface area (Å²) in [7, 11) is 2.91. The molecule has 0 spiro atoms. The van der Waals surface area contributed by atoms with Crippen molar-refractivity contribution < 1.29 is 19.1 Å². The lowest BCUT2D eigenvalue weighted by Crippen LogP contribution is -2.38. The lowest BCUT2D eigenvalue weighted by molar-refractivity contribution is -0.129. The summed E-state index contributed by atoms with van der Waals surface area (Å²) in [6, 6.07) is 8.69. The van der Waals surface area contributed by atoms with Gasteiger partial charge < -0.3 is 9.47 Å². The number of carbonyl (C=O) groups excluding carboxylic acids is 2. The van der Waals surface area contributed by atoms with Gasteiger partial charge in [-0.25, -0.2) is 0 Å². The fourth-order valence-electron chi connectivity index (χ4n) is 3.91. The van der Waals surface area contributed by atoms with Gasteiger partial charge >= 0.3 is 0 Å². The summed E-state index contributed by atoms with van der Waals surface area (Å²) in [5.74, 6) is -0.647. The number of benzene rings is 1. The van der Waals surface area contributed by atoms with Gasteiger partial charge in [0.1, 0.15) is 11.5 Å². The number of nitrogens with one attached hydrogen (secondary N) is 1. The third-order valence-corrected chi connectivity index (χ3v) is 5.19. The Kier molecular flexibility index (Phi) is 2.74. The molecule has 3 rings (SSSR count). The molecule has 1 aromatic rings. The molecule has 116 valence electrons. The summed E-state index contributed by atoms with van der Waals surface area (Å²) in [6.45, 7) is 1.56.